The first-order chi connectivity index (χ1) is 8.58. The lowest BCUT2D eigenvalue weighted by atomic mass is 10.3. The van der Waals surface area contributed by atoms with Gasteiger partial charge in [0.15, 0.2) is 6.29 Å². The molecule has 0 aliphatic rings. The van der Waals surface area contributed by atoms with Crippen molar-refractivity contribution < 1.29 is 18.1 Å². The molecule has 1 rings (SSSR count). The molecule has 1 unspecified atom stereocenters. The van der Waals surface area contributed by atoms with Crippen LogP contribution in [-0.2, 0) is 20.3 Å². The molecular formula is C12H16ClFO3S. The zero-order chi connectivity index (χ0) is 13.5. The number of hydrogen-bond donors (Lipinski definition) is 0. The number of benzene rings is 1. The Morgan fingerprint density at radius 1 is 1.33 bits per heavy atom. The van der Waals surface area contributed by atoms with Crippen molar-refractivity contribution in [2.75, 3.05) is 19.0 Å². The predicted octanol–water partition coefficient (Wildman–Crippen LogP) is 2.99. The van der Waals surface area contributed by atoms with Crippen molar-refractivity contribution in [3.05, 3.63) is 29.0 Å². The molecule has 0 heterocycles. The summed E-state index contributed by atoms with van der Waals surface area (Å²) < 4.78 is 35.6. The van der Waals surface area contributed by atoms with E-state index in [9.17, 15) is 8.60 Å². The van der Waals surface area contributed by atoms with E-state index in [0.29, 0.717) is 18.1 Å². The number of hydrogen-bond acceptors (Lipinski definition) is 3. The Bertz CT molecular complexity index is 408. The maximum atomic E-state index is 13.0. The molecule has 0 aromatic heterocycles. The van der Waals surface area contributed by atoms with E-state index >= 15 is 0 Å². The molecule has 102 valence electrons. The molecule has 1 aromatic rings. The zero-order valence-electron chi connectivity index (χ0n) is 10.3. The van der Waals surface area contributed by atoms with Gasteiger partial charge in [0.1, 0.15) is 5.82 Å². The quantitative estimate of drug-likeness (QED) is 0.725. The van der Waals surface area contributed by atoms with E-state index in [1.165, 1.54) is 18.2 Å². The Balaban J connectivity index is 2.70. The third kappa shape index (κ3) is 4.65. The summed E-state index contributed by atoms with van der Waals surface area (Å²) in [6, 6.07) is 4.01. The van der Waals surface area contributed by atoms with Gasteiger partial charge < -0.3 is 9.47 Å². The standard InChI is InChI=1S/C12H16ClFO3S/c1-3-16-12(17-4-2)8-18(15)9-5-6-11(14)10(13)7-9/h5-7,12H,3-4,8H2,1-2H3. The van der Waals surface area contributed by atoms with Gasteiger partial charge >= 0.3 is 0 Å². The van der Waals surface area contributed by atoms with E-state index < -0.39 is 22.9 Å². The Morgan fingerprint density at radius 2 is 1.94 bits per heavy atom. The summed E-state index contributed by atoms with van der Waals surface area (Å²) in [5, 5.41) is -0.0368. The molecule has 0 saturated heterocycles. The third-order valence-corrected chi connectivity index (χ3v) is 3.79. The molecule has 0 saturated carbocycles. The molecule has 18 heavy (non-hydrogen) atoms. The number of halogens is 2. The van der Waals surface area contributed by atoms with E-state index in [2.05, 4.69) is 0 Å². The second-order valence-electron chi connectivity index (χ2n) is 3.43. The van der Waals surface area contributed by atoms with E-state index in [1.807, 2.05) is 13.8 Å². The maximum Gasteiger partial charge on any atom is 0.169 e. The predicted molar refractivity (Wildman–Crippen MR) is 69.7 cm³/mol. The molecule has 0 bridgehead atoms. The topological polar surface area (TPSA) is 35.5 Å². The Morgan fingerprint density at radius 3 is 2.44 bits per heavy atom. The summed E-state index contributed by atoms with van der Waals surface area (Å²) in [5.41, 5.74) is 0. The van der Waals surface area contributed by atoms with Crippen LogP contribution in [0.15, 0.2) is 23.1 Å². The third-order valence-electron chi connectivity index (χ3n) is 2.15. The first-order valence-electron chi connectivity index (χ1n) is 5.65. The summed E-state index contributed by atoms with van der Waals surface area (Å²) >= 11 is 5.64. The minimum absolute atomic E-state index is 0.0368. The highest BCUT2D eigenvalue weighted by atomic mass is 35.5. The lowest BCUT2D eigenvalue weighted by molar-refractivity contribution is -0.120. The van der Waals surface area contributed by atoms with Crippen molar-refractivity contribution in [1.29, 1.82) is 0 Å². The molecule has 0 N–H and O–H groups in total. The molecule has 0 aliphatic carbocycles. The van der Waals surface area contributed by atoms with Crippen molar-refractivity contribution >= 4 is 22.4 Å². The largest absolute Gasteiger partial charge is 0.352 e. The van der Waals surface area contributed by atoms with Gasteiger partial charge in [0.05, 0.1) is 21.6 Å². The van der Waals surface area contributed by atoms with Crippen molar-refractivity contribution in [2.24, 2.45) is 0 Å². The van der Waals surface area contributed by atoms with Crippen LogP contribution in [0.1, 0.15) is 13.8 Å². The lowest BCUT2D eigenvalue weighted by Crippen LogP contribution is -2.24. The normalized spacial score (nSPS) is 12.9. The molecule has 0 fully saturated rings. The first-order valence-corrected chi connectivity index (χ1v) is 7.34. The summed E-state index contributed by atoms with van der Waals surface area (Å²) in [6.45, 7) is 4.63. The monoisotopic (exact) mass is 294 g/mol. The van der Waals surface area contributed by atoms with Crippen LogP contribution in [0.5, 0.6) is 0 Å². The molecule has 3 nitrogen and oxygen atoms in total. The van der Waals surface area contributed by atoms with Gasteiger partial charge in [0, 0.05) is 18.1 Å². The second-order valence-corrected chi connectivity index (χ2v) is 5.33. The molecule has 0 spiro atoms. The molecular weight excluding hydrogens is 279 g/mol. The van der Waals surface area contributed by atoms with Crippen LogP contribution in [0.3, 0.4) is 0 Å². The lowest BCUT2D eigenvalue weighted by Gasteiger charge is -2.16. The number of rotatable bonds is 7. The minimum Gasteiger partial charge on any atom is -0.352 e. The average Bonchev–Trinajstić information content (AvgIpc) is 2.33. The highest BCUT2D eigenvalue weighted by Gasteiger charge is 2.15. The van der Waals surface area contributed by atoms with Gasteiger partial charge in [0.2, 0.25) is 0 Å². The zero-order valence-corrected chi connectivity index (χ0v) is 11.9. The van der Waals surface area contributed by atoms with Crippen molar-refractivity contribution in [3.8, 4) is 0 Å². The van der Waals surface area contributed by atoms with Crippen LogP contribution < -0.4 is 0 Å². The Hall–Kier alpha value is -0.490. The van der Waals surface area contributed by atoms with Crippen LogP contribution in [0, 0.1) is 5.82 Å². The van der Waals surface area contributed by atoms with Crippen LogP contribution in [0.4, 0.5) is 4.39 Å². The van der Waals surface area contributed by atoms with Crippen LogP contribution in [0.2, 0.25) is 5.02 Å². The summed E-state index contributed by atoms with van der Waals surface area (Å²) in [6.07, 6.45) is -0.523. The van der Waals surface area contributed by atoms with Gasteiger partial charge in [-0.1, -0.05) is 11.6 Å². The van der Waals surface area contributed by atoms with Gasteiger partial charge in [-0.05, 0) is 32.0 Å². The van der Waals surface area contributed by atoms with Crippen LogP contribution >= 0.6 is 11.6 Å². The van der Waals surface area contributed by atoms with Crippen LogP contribution in [-0.4, -0.2) is 29.5 Å². The summed E-state index contributed by atoms with van der Waals surface area (Å²) in [7, 11) is -1.34. The van der Waals surface area contributed by atoms with E-state index in [0.717, 1.165) is 0 Å². The molecule has 0 radical (unpaired) electrons. The van der Waals surface area contributed by atoms with Crippen molar-refractivity contribution in [1.82, 2.24) is 0 Å². The van der Waals surface area contributed by atoms with Crippen LogP contribution in [0.25, 0.3) is 0 Å². The molecule has 6 heteroatoms. The van der Waals surface area contributed by atoms with E-state index in [-0.39, 0.29) is 10.8 Å². The average molecular weight is 295 g/mol. The van der Waals surface area contributed by atoms with E-state index in [4.69, 9.17) is 21.1 Å². The molecule has 0 aliphatic heterocycles. The molecule has 1 atom stereocenters. The van der Waals surface area contributed by atoms with Gasteiger partial charge in [-0.25, -0.2) is 4.39 Å². The fraction of sp³-hybridized carbons (Fsp3) is 0.500. The van der Waals surface area contributed by atoms with Gasteiger partial charge in [0.25, 0.3) is 0 Å². The fourth-order valence-corrected chi connectivity index (χ4v) is 2.70. The second kappa shape index (κ2) is 7.84. The van der Waals surface area contributed by atoms with Gasteiger partial charge in [-0.3, -0.25) is 4.21 Å². The van der Waals surface area contributed by atoms with Crippen molar-refractivity contribution in [2.45, 2.75) is 25.0 Å². The molecule has 0 amide bonds. The van der Waals surface area contributed by atoms with Gasteiger partial charge in [-0.2, -0.15) is 0 Å². The number of ether oxygens (including phenoxy) is 2. The SMILES string of the molecule is CCOC(CS(=O)c1ccc(F)c(Cl)c1)OCC. The highest BCUT2D eigenvalue weighted by Crippen LogP contribution is 2.19. The minimum atomic E-state index is -1.34. The Kier molecular flexibility index (Phi) is 6.78. The highest BCUT2D eigenvalue weighted by molar-refractivity contribution is 7.85. The smallest absolute Gasteiger partial charge is 0.169 e. The fourth-order valence-electron chi connectivity index (χ4n) is 1.35. The maximum absolute atomic E-state index is 13.0. The first kappa shape index (κ1) is 15.6. The van der Waals surface area contributed by atoms with Gasteiger partial charge in [-0.15, -0.1) is 0 Å². The molecule has 1 aromatic carbocycles. The van der Waals surface area contributed by atoms with E-state index in [1.54, 1.807) is 0 Å². The van der Waals surface area contributed by atoms with Crippen molar-refractivity contribution in [3.63, 3.8) is 0 Å². The Labute approximate surface area is 114 Å². The summed E-state index contributed by atoms with van der Waals surface area (Å²) in [5.74, 6) is -0.326. The summed E-state index contributed by atoms with van der Waals surface area (Å²) in [4.78, 5) is 0.464.